The number of nitrogens with zero attached hydrogens (tertiary/aromatic N) is 2. The maximum absolute atomic E-state index is 14.3. The number of carbonyl (C=O) groups excluding carboxylic acids is 5. The van der Waals surface area contributed by atoms with Gasteiger partial charge in [-0.3, -0.25) is 19.7 Å². The Hall–Kier alpha value is -3.48. The Morgan fingerprint density at radius 3 is 2.57 bits per heavy atom. The quantitative estimate of drug-likeness (QED) is 0.0858. The number of alkyl carbamates (subject to hydrolysis) is 1. The summed E-state index contributed by atoms with van der Waals surface area (Å²) in [5.41, 5.74) is -0.978. The summed E-state index contributed by atoms with van der Waals surface area (Å²) in [7, 11) is 11.0. The summed E-state index contributed by atoms with van der Waals surface area (Å²) in [6.45, 7) is 11.1. The number of ether oxygens (including phenoxy) is 5. The van der Waals surface area contributed by atoms with E-state index in [9.17, 15) is 29.1 Å². The number of aliphatic hydroxyl groups is 1. The van der Waals surface area contributed by atoms with Gasteiger partial charge in [0.05, 0.1) is 25.3 Å². The zero-order chi connectivity index (χ0) is 45.4. The van der Waals surface area contributed by atoms with Gasteiger partial charge in [0.1, 0.15) is 40.7 Å². The number of fused-ring (bicyclic) bond motifs is 5. The van der Waals surface area contributed by atoms with Gasteiger partial charge in [-0.2, -0.15) is 0 Å². The number of nitrogens with one attached hydrogen (secondary N) is 2. The third-order valence-electron chi connectivity index (χ3n) is 11.7. The Morgan fingerprint density at radius 2 is 1.92 bits per heavy atom. The van der Waals surface area contributed by atoms with Crippen LogP contribution in [0.2, 0.25) is 5.02 Å². The molecule has 3 heterocycles. The number of benzene rings is 1. The predicted octanol–water partition coefficient (Wildman–Crippen LogP) is 5.98. The summed E-state index contributed by atoms with van der Waals surface area (Å²) in [5.74, 6) is -0.817. The molecule has 1 aromatic carbocycles. The van der Waals surface area contributed by atoms with E-state index in [4.69, 9.17) is 35.3 Å². The van der Waals surface area contributed by atoms with Gasteiger partial charge < -0.3 is 43.9 Å². The van der Waals surface area contributed by atoms with Crippen LogP contribution in [0, 0.1) is 5.92 Å². The highest BCUT2D eigenvalue weighted by Gasteiger charge is 2.64. The molecular formula is C43H63ClN4O11S2. The molecule has 0 aromatic heterocycles. The second-order valence-corrected chi connectivity index (χ2v) is 20.3. The van der Waals surface area contributed by atoms with Gasteiger partial charge in [-0.15, -0.1) is 0 Å². The SMILES string of the molecule is CNC(=O)CCCSSC(C)(C)CCC(=O)N(C)[C@@H](C)C(=O)O[C@H]1CC(=O)N(C)c2cc(cc(OC)c2Cl)C/C(C)=C/C=C/[C@@H](OC)[C@@]2(O)C[C@H](OC(=O)N2)[C@@H](C)C2O[C@]21C. The van der Waals surface area contributed by atoms with Crippen LogP contribution in [0.1, 0.15) is 85.6 Å². The fourth-order valence-electron chi connectivity index (χ4n) is 7.46. The van der Waals surface area contributed by atoms with Gasteiger partial charge >= 0.3 is 12.1 Å². The number of halogens is 1. The summed E-state index contributed by atoms with van der Waals surface area (Å²) in [6, 6.07) is 2.57. The van der Waals surface area contributed by atoms with Crippen LogP contribution in [0.5, 0.6) is 5.75 Å². The Bertz CT molecular complexity index is 1850. The summed E-state index contributed by atoms with van der Waals surface area (Å²) in [4.78, 5) is 69.0. The summed E-state index contributed by atoms with van der Waals surface area (Å²) in [5, 5.41) is 17.2. The van der Waals surface area contributed by atoms with Crippen molar-refractivity contribution in [2.45, 2.75) is 133 Å². The molecule has 0 aliphatic carbocycles. The van der Waals surface area contributed by atoms with Crippen molar-refractivity contribution < 1.29 is 52.8 Å². The number of carbonyl (C=O) groups is 5. The number of likely N-dealkylation sites (N-methyl/N-ethyl adjacent to an activating group) is 1. The molecule has 3 N–H and O–H groups in total. The molecule has 1 aromatic rings. The maximum Gasteiger partial charge on any atom is 0.409 e. The average molecular weight is 912 g/mol. The minimum Gasteiger partial charge on any atom is -0.495 e. The van der Waals surface area contributed by atoms with Gasteiger partial charge in [0.25, 0.3) is 0 Å². The predicted molar refractivity (Wildman–Crippen MR) is 238 cm³/mol. The molecular weight excluding hydrogens is 848 g/mol. The van der Waals surface area contributed by atoms with Crippen molar-refractivity contribution >= 4 is 68.7 Å². The molecule has 4 bridgehead atoms. The van der Waals surface area contributed by atoms with Crippen molar-refractivity contribution in [3.05, 3.63) is 46.5 Å². The van der Waals surface area contributed by atoms with Crippen LogP contribution in [0.15, 0.2) is 35.9 Å². The third-order valence-corrected chi connectivity index (χ3v) is 15.5. The van der Waals surface area contributed by atoms with E-state index >= 15 is 0 Å². The van der Waals surface area contributed by atoms with Gasteiger partial charge in [-0.05, 0) is 71.6 Å². The van der Waals surface area contributed by atoms with Crippen molar-refractivity contribution in [1.82, 2.24) is 15.5 Å². The molecule has 4 amide bonds. The summed E-state index contributed by atoms with van der Waals surface area (Å²) >= 11 is 6.80. The van der Waals surface area contributed by atoms with E-state index in [0.717, 1.165) is 23.3 Å². The zero-order valence-electron chi connectivity index (χ0n) is 37.1. The number of esters is 1. The lowest BCUT2D eigenvalue weighted by Crippen LogP contribution is -2.63. The van der Waals surface area contributed by atoms with Gasteiger partial charge in [-0.1, -0.05) is 63.9 Å². The van der Waals surface area contributed by atoms with Crippen molar-refractivity contribution in [3.63, 3.8) is 0 Å². The Balaban J connectivity index is 1.60. The number of amides is 4. The molecule has 1 unspecified atom stereocenters. The summed E-state index contributed by atoms with van der Waals surface area (Å²) < 4.78 is 29.2. The highest BCUT2D eigenvalue weighted by atomic mass is 35.5. The van der Waals surface area contributed by atoms with Gasteiger partial charge in [0.15, 0.2) is 5.72 Å². The fraction of sp³-hybridized carbons (Fsp3) is 0.651. The Labute approximate surface area is 372 Å². The lowest BCUT2D eigenvalue weighted by atomic mass is 9.83. The van der Waals surface area contributed by atoms with E-state index in [-0.39, 0.29) is 40.8 Å². The molecule has 2 saturated heterocycles. The molecule has 0 spiro atoms. The normalized spacial score (nSPS) is 28.8. The second kappa shape index (κ2) is 21.3. The minimum atomic E-state index is -1.84. The van der Waals surface area contributed by atoms with E-state index in [1.165, 1.54) is 24.0 Å². The van der Waals surface area contributed by atoms with Crippen molar-refractivity contribution in [1.29, 1.82) is 0 Å². The number of allylic oxidation sites excluding steroid dienone is 3. The van der Waals surface area contributed by atoms with Crippen molar-refractivity contribution in [3.8, 4) is 5.75 Å². The van der Waals surface area contributed by atoms with Crippen LogP contribution < -0.4 is 20.3 Å². The van der Waals surface area contributed by atoms with E-state index in [2.05, 4.69) is 10.6 Å². The molecule has 8 atom stereocenters. The lowest BCUT2D eigenvalue weighted by molar-refractivity contribution is -0.162. The second-order valence-electron chi connectivity index (χ2n) is 16.8. The van der Waals surface area contributed by atoms with E-state index in [1.807, 2.05) is 26.8 Å². The van der Waals surface area contributed by atoms with E-state index in [0.29, 0.717) is 30.7 Å². The monoisotopic (exact) mass is 910 g/mol. The molecule has 2 fully saturated rings. The van der Waals surface area contributed by atoms with Crippen LogP contribution in [0.25, 0.3) is 0 Å². The number of rotatable bonds is 14. The highest BCUT2D eigenvalue weighted by Crippen LogP contribution is 2.49. The first-order valence-electron chi connectivity index (χ1n) is 20.5. The standard InChI is InChI=1S/C43H63ClN4O11S2/c1-25-14-12-15-32(56-11)43(54)24-31(57-40(53)46-43)26(2)38-42(6,59-38)33(23-36(51)48(9)29-21-28(20-25)22-30(55-10)37(29)44)58-39(52)27(3)47(8)35(50)17-18-41(4,5)61-60-19-13-16-34(49)45-7/h12,14-15,21-22,26-27,31-33,38,54H,13,16-20,23-24H2,1-11H3,(H,45,49)(H,46,53)/b15-12+,25-14+/t26-,27+,31+,32-,33+,38?,42+,43+/m1/s1. The molecule has 340 valence electrons. The topological polar surface area (TPSA) is 186 Å². The van der Waals surface area contributed by atoms with Crippen molar-refractivity contribution in [2.75, 3.05) is 46.0 Å². The molecule has 0 saturated carbocycles. The van der Waals surface area contributed by atoms with Crippen LogP contribution in [0.3, 0.4) is 0 Å². The molecule has 61 heavy (non-hydrogen) atoms. The van der Waals surface area contributed by atoms with Gasteiger partial charge in [0.2, 0.25) is 17.7 Å². The zero-order valence-corrected chi connectivity index (χ0v) is 39.5. The first-order chi connectivity index (χ1) is 28.6. The van der Waals surface area contributed by atoms with Crippen LogP contribution in [-0.2, 0) is 44.5 Å². The maximum atomic E-state index is 14.3. The van der Waals surface area contributed by atoms with E-state index < -0.39 is 65.7 Å². The van der Waals surface area contributed by atoms with Gasteiger partial charge in [0, 0.05) is 63.9 Å². The molecule has 18 heteroatoms. The van der Waals surface area contributed by atoms with Gasteiger partial charge in [-0.25, -0.2) is 9.59 Å². The number of anilines is 1. The first-order valence-corrected chi connectivity index (χ1v) is 23.1. The number of methoxy groups -OCH3 is 2. The molecule has 4 rings (SSSR count). The smallest absolute Gasteiger partial charge is 0.409 e. The van der Waals surface area contributed by atoms with Crippen molar-refractivity contribution in [2.24, 2.45) is 5.92 Å². The van der Waals surface area contributed by atoms with E-state index in [1.54, 1.807) is 87.8 Å². The first kappa shape index (κ1) is 50.2. The third kappa shape index (κ3) is 12.8. The number of hydrogen-bond acceptors (Lipinski definition) is 13. The van der Waals surface area contributed by atoms with Crippen LogP contribution >= 0.6 is 33.2 Å². The largest absolute Gasteiger partial charge is 0.495 e. The fourth-order valence-corrected chi connectivity index (χ4v) is 10.4. The molecule has 3 aliphatic heterocycles. The van der Waals surface area contributed by atoms with Crippen LogP contribution in [-0.4, -0.2) is 127 Å². The molecule has 0 radical (unpaired) electrons. The lowest BCUT2D eigenvalue weighted by Gasteiger charge is -2.42. The molecule has 15 nitrogen and oxygen atoms in total. The average Bonchev–Trinajstić information content (AvgIpc) is 3.91. The minimum absolute atomic E-state index is 0.00290. The highest BCUT2D eigenvalue weighted by molar-refractivity contribution is 8.77. The Morgan fingerprint density at radius 1 is 1.21 bits per heavy atom. The Kier molecular flexibility index (Phi) is 17.5. The van der Waals surface area contributed by atoms with Crippen LogP contribution in [0.4, 0.5) is 10.5 Å². The summed E-state index contributed by atoms with van der Waals surface area (Å²) in [6.07, 6.45) is 2.74. The number of epoxide rings is 1. The number of hydrogen-bond donors (Lipinski definition) is 3. The molecule has 3 aliphatic rings.